The summed E-state index contributed by atoms with van der Waals surface area (Å²) < 4.78 is 47.6. The molecule has 0 saturated carbocycles. The summed E-state index contributed by atoms with van der Waals surface area (Å²) in [5.41, 5.74) is -0.667. The second kappa shape index (κ2) is 10.4. The van der Waals surface area contributed by atoms with Gasteiger partial charge in [0.1, 0.15) is 11.1 Å². The van der Waals surface area contributed by atoms with Gasteiger partial charge in [-0.05, 0) is 72.1 Å². The number of amides is 1. The number of alkyl halides is 3. The van der Waals surface area contributed by atoms with Gasteiger partial charge in [-0.3, -0.25) is 4.57 Å². The third-order valence-electron chi connectivity index (χ3n) is 5.83. The van der Waals surface area contributed by atoms with Gasteiger partial charge in [-0.15, -0.1) is 0 Å². The van der Waals surface area contributed by atoms with Crippen LogP contribution < -0.4 is 10.6 Å². The molecule has 1 amide bonds. The molecule has 1 aromatic carbocycles. The molecule has 2 aromatic heterocycles. The molecule has 39 heavy (non-hydrogen) atoms. The van der Waals surface area contributed by atoms with Crippen molar-refractivity contribution in [3.05, 3.63) is 35.0 Å². The highest BCUT2D eigenvalue weighted by Crippen LogP contribution is 2.35. The summed E-state index contributed by atoms with van der Waals surface area (Å²) in [7, 11) is 0. The molecule has 0 radical (unpaired) electrons. The number of imidazole rings is 1. The van der Waals surface area contributed by atoms with Crippen LogP contribution in [0.1, 0.15) is 53.5 Å². The van der Waals surface area contributed by atoms with Crippen LogP contribution in [-0.2, 0) is 17.5 Å². The Hall–Kier alpha value is -3.28. The number of fused-ring (bicyclic) bond motifs is 1. The van der Waals surface area contributed by atoms with Crippen molar-refractivity contribution in [1.29, 1.82) is 0 Å². The van der Waals surface area contributed by atoms with E-state index in [1.807, 2.05) is 46.1 Å². The highest BCUT2D eigenvalue weighted by Gasteiger charge is 2.33. The fourth-order valence-electron chi connectivity index (χ4n) is 4.27. The van der Waals surface area contributed by atoms with Crippen LogP contribution in [0.15, 0.2) is 24.4 Å². The first-order valence-corrected chi connectivity index (χ1v) is 13.0. The number of carbonyl (C=O) groups excluding carboxylic acids is 1. The number of benzene rings is 1. The minimum atomic E-state index is -4.56. The fourth-order valence-corrected chi connectivity index (χ4v) is 4.50. The maximum Gasteiger partial charge on any atom is 0.416 e. The Morgan fingerprint density at radius 2 is 1.85 bits per heavy atom. The molecule has 1 fully saturated rings. The van der Waals surface area contributed by atoms with Crippen molar-refractivity contribution >= 4 is 46.4 Å². The number of anilines is 3. The van der Waals surface area contributed by atoms with Gasteiger partial charge in [0.25, 0.3) is 0 Å². The maximum atomic E-state index is 13.4. The number of hydrogen-bond acceptors (Lipinski definition) is 7. The van der Waals surface area contributed by atoms with E-state index < -0.39 is 17.3 Å². The summed E-state index contributed by atoms with van der Waals surface area (Å²) in [5, 5.41) is 6.17. The molecule has 0 aliphatic carbocycles. The first kappa shape index (κ1) is 28.7. The highest BCUT2D eigenvalue weighted by atomic mass is 35.5. The Bertz CT molecular complexity index is 1360. The molecular weight excluding hydrogens is 535 g/mol. The fraction of sp³-hybridized carbons (Fsp3) is 0.538. The van der Waals surface area contributed by atoms with E-state index >= 15 is 0 Å². The van der Waals surface area contributed by atoms with E-state index in [1.165, 1.54) is 6.07 Å². The molecular formula is C26H33ClF3N7O2. The first-order valence-electron chi connectivity index (χ1n) is 12.6. The number of hydrogen-bond donors (Lipinski definition) is 2. The largest absolute Gasteiger partial charge is 0.444 e. The number of halogens is 4. The van der Waals surface area contributed by atoms with Crippen LogP contribution in [0.3, 0.4) is 0 Å². The molecule has 1 aliphatic heterocycles. The molecule has 13 heteroatoms. The quantitative estimate of drug-likeness (QED) is 0.353. The van der Waals surface area contributed by atoms with E-state index in [4.69, 9.17) is 16.3 Å². The van der Waals surface area contributed by atoms with E-state index in [1.54, 1.807) is 11.1 Å². The predicted molar refractivity (Wildman–Crippen MR) is 144 cm³/mol. The zero-order valence-electron chi connectivity index (χ0n) is 22.8. The topological polar surface area (TPSA) is 97.2 Å². The van der Waals surface area contributed by atoms with Crippen molar-refractivity contribution in [2.45, 2.75) is 71.8 Å². The van der Waals surface area contributed by atoms with E-state index in [-0.39, 0.29) is 28.3 Å². The summed E-state index contributed by atoms with van der Waals surface area (Å²) >= 11 is 6.00. The van der Waals surface area contributed by atoms with Crippen molar-refractivity contribution < 1.29 is 22.7 Å². The Morgan fingerprint density at radius 3 is 2.49 bits per heavy atom. The molecule has 2 N–H and O–H groups in total. The third-order valence-corrected chi connectivity index (χ3v) is 6.05. The van der Waals surface area contributed by atoms with Gasteiger partial charge in [0.15, 0.2) is 5.65 Å². The lowest BCUT2D eigenvalue weighted by atomic mass is 10.1. The van der Waals surface area contributed by atoms with E-state index in [2.05, 4.69) is 25.6 Å². The summed E-state index contributed by atoms with van der Waals surface area (Å²) in [6, 6.07) is 3.25. The number of carbonyl (C=O) groups is 1. The molecule has 1 atom stereocenters. The lowest BCUT2D eigenvalue weighted by Gasteiger charge is -2.24. The van der Waals surface area contributed by atoms with Gasteiger partial charge in [0, 0.05) is 35.9 Å². The van der Waals surface area contributed by atoms with Gasteiger partial charge in [0.2, 0.25) is 11.9 Å². The Kier molecular flexibility index (Phi) is 7.63. The molecule has 0 spiro atoms. The average Bonchev–Trinajstić information content (AvgIpc) is 3.36. The van der Waals surface area contributed by atoms with Crippen LogP contribution in [0.5, 0.6) is 0 Å². The van der Waals surface area contributed by atoms with Crippen LogP contribution in [0.25, 0.3) is 11.2 Å². The Balaban J connectivity index is 1.68. The number of aromatic nitrogens is 4. The second-order valence-corrected chi connectivity index (χ2v) is 12.2. The highest BCUT2D eigenvalue weighted by molar-refractivity contribution is 6.31. The van der Waals surface area contributed by atoms with Gasteiger partial charge in [-0.2, -0.15) is 18.2 Å². The minimum Gasteiger partial charge on any atom is -0.444 e. The van der Waals surface area contributed by atoms with Crippen LogP contribution in [0.2, 0.25) is 5.02 Å². The number of nitrogens with one attached hydrogen (secondary N) is 2. The van der Waals surface area contributed by atoms with E-state index in [0.29, 0.717) is 49.1 Å². The van der Waals surface area contributed by atoms with Crippen molar-refractivity contribution in [2.75, 3.05) is 23.7 Å². The van der Waals surface area contributed by atoms with Crippen molar-refractivity contribution in [1.82, 2.24) is 24.4 Å². The number of ether oxygens (including phenoxy) is 1. The molecule has 0 bridgehead atoms. The van der Waals surface area contributed by atoms with E-state index in [9.17, 15) is 18.0 Å². The normalized spacial score (nSPS) is 16.6. The van der Waals surface area contributed by atoms with Crippen molar-refractivity contribution in [3.63, 3.8) is 0 Å². The average molecular weight is 568 g/mol. The molecule has 3 heterocycles. The molecule has 4 rings (SSSR count). The van der Waals surface area contributed by atoms with Crippen LogP contribution >= 0.6 is 11.6 Å². The minimum absolute atomic E-state index is 0.0366. The molecule has 3 aromatic rings. The van der Waals surface area contributed by atoms with Crippen LogP contribution in [0, 0.1) is 5.92 Å². The molecule has 212 valence electrons. The van der Waals surface area contributed by atoms with Gasteiger partial charge in [-0.1, -0.05) is 11.6 Å². The Morgan fingerprint density at radius 1 is 1.13 bits per heavy atom. The van der Waals surface area contributed by atoms with Crippen LogP contribution in [-0.4, -0.2) is 54.7 Å². The predicted octanol–water partition coefficient (Wildman–Crippen LogP) is 6.71. The smallest absolute Gasteiger partial charge is 0.416 e. The molecule has 9 nitrogen and oxygen atoms in total. The summed E-state index contributed by atoms with van der Waals surface area (Å²) in [6.07, 6.45) is -2.66. The third kappa shape index (κ3) is 7.43. The number of likely N-dealkylation sites (tertiary alicyclic amines) is 1. The zero-order valence-corrected chi connectivity index (χ0v) is 23.5. The standard InChI is InChI=1S/C26H33ClF3N7O2/c1-24(2,3)35-21-31-12-19-20(34-21)37(14-15-7-8-36(13-15)23(38)39-25(4,5)6)22(33-19)32-18-10-16(26(28,29)30)9-17(27)11-18/h9-12,15H,7-8,13-14H2,1-6H3,(H,32,33)(H,31,34,35). The van der Waals surface area contributed by atoms with Crippen molar-refractivity contribution in [3.8, 4) is 0 Å². The van der Waals surface area contributed by atoms with Gasteiger partial charge >= 0.3 is 12.3 Å². The van der Waals surface area contributed by atoms with Gasteiger partial charge < -0.3 is 20.3 Å². The lowest BCUT2D eigenvalue weighted by molar-refractivity contribution is -0.137. The second-order valence-electron chi connectivity index (χ2n) is 11.8. The number of rotatable bonds is 5. The summed E-state index contributed by atoms with van der Waals surface area (Å²) in [4.78, 5) is 27.9. The zero-order chi connectivity index (χ0) is 28.8. The lowest BCUT2D eigenvalue weighted by Crippen LogP contribution is -2.35. The monoisotopic (exact) mass is 567 g/mol. The van der Waals surface area contributed by atoms with E-state index in [0.717, 1.165) is 12.1 Å². The maximum absolute atomic E-state index is 13.4. The Labute approximate surface area is 230 Å². The molecule has 1 aliphatic rings. The van der Waals surface area contributed by atoms with Gasteiger partial charge in [0.05, 0.1) is 11.8 Å². The first-order chi connectivity index (χ1) is 18.0. The summed E-state index contributed by atoms with van der Waals surface area (Å²) in [6.45, 7) is 12.8. The number of nitrogens with zero attached hydrogens (tertiary/aromatic N) is 5. The molecule has 1 unspecified atom stereocenters. The molecule has 1 saturated heterocycles. The SMILES string of the molecule is CC(C)(C)Nc1ncc2nc(Nc3cc(Cl)cc(C(F)(F)F)c3)n(CC3CCN(C(=O)OC(C)(C)C)C3)c2n1. The van der Waals surface area contributed by atoms with Crippen molar-refractivity contribution in [2.24, 2.45) is 5.92 Å². The summed E-state index contributed by atoms with van der Waals surface area (Å²) in [5.74, 6) is 0.722. The van der Waals surface area contributed by atoms with Crippen LogP contribution in [0.4, 0.5) is 35.5 Å². The van der Waals surface area contributed by atoms with Gasteiger partial charge in [-0.25, -0.2) is 14.8 Å².